The summed E-state index contributed by atoms with van der Waals surface area (Å²) in [5.74, 6) is 0.889. The highest BCUT2D eigenvalue weighted by molar-refractivity contribution is 6.32. The summed E-state index contributed by atoms with van der Waals surface area (Å²) in [5, 5.41) is 3.29. The fourth-order valence-electron chi connectivity index (χ4n) is 2.35. The lowest BCUT2D eigenvalue weighted by Crippen LogP contribution is -2.20. The number of hydrogen-bond acceptors (Lipinski definition) is 3. The van der Waals surface area contributed by atoms with Crippen molar-refractivity contribution in [1.82, 2.24) is 5.32 Å². The highest BCUT2D eigenvalue weighted by Gasteiger charge is 2.11. The van der Waals surface area contributed by atoms with Crippen molar-refractivity contribution in [2.75, 3.05) is 13.7 Å². The number of carbonyl (C=O) groups excluding carboxylic acids is 1. The van der Waals surface area contributed by atoms with Gasteiger partial charge in [-0.05, 0) is 43.2 Å². The van der Waals surface area contributed by atoms with Crippen molar-refractivity contribution in [2.24, 2.45) is 0 Å². The monoisotopic (exact) mass is 359 g/mol. The number of halogens is 1. The molecule has 0 aromatic heterocycles. The maximum atomic E-state index is 12.0. The summed E-state index contributed by atoms with van der Waals surface area (Å²) in [4.78, 5) is 12.0. The van der Waals surface area contributed by atoms with E-state index in [4.69, 9.17) is 21.1 Å². The van der Waals surface area contributed by atoms with Gasteiger partial charge < -0.3 is 14.8 Å². The molecule has 5 heteroatoms. The molecule has 0 aliphatic heterocycles. The first-order valence-electron chi connectivity index (χ1n) is 8.05. The SMILES string of the molecule is CCOc1c(Cl)cc(CNC(=O)/C=C/c2cccc(C)c2)cc1OC. The van der Waals surface area contributed by atoms with E-state index in [0.29, 0.717) is 29.7 Å². The van der Waals surface area contributed by atoms with E-state index in [1.165, 1.54) is 6.08 Å². The molecule has 0 spiro atoms. The Kier molecular flexibility index (Phi) is 6.90. The maximum absolute atomic E-state index is 12.0. The first kappa shape index (κ1) is 18.9. The van der Waals surface area contributed by atoms with Crippen molar-refractivity contribution in [3.8, 4) is 11.5 Å². The minimum Gasteiger partial charge on any atom is -0.493 e. The number of ether oxygens (including phenoxy) is 2. The lowest BCUT2D eigenvalue weighted by atomic mass is 10.1. The minimum atomic E-state index is -0.175. The normalized spacial score (nSPS) is 10.7. The van der Waals surface area contributed by atoms with Gasteiger partial charge in [0.2, 0.25) is 5.91 Å². The van der Waals surface area contributed by atoms with Crippen molar-refractivity contribution < 1.29 is 14.3 Å². The van der Waals surface area contributed by atoms with Crippen molar-refractivity contribution >= 4 is 23.6 Å². The molecular formula is C20H22ClNO3. The predicted octanol–water partition coefficient (Wildman–Crippen LogP) is 4.39. The molecule has 0 fully saturated rings. The molecule has 2 aromatic carbocycles. The van der Waals surface area contributed by atoms with Crippen molar-refractivity contribution in [1.29, 1.82) is 0 Å². The van der Waals surface area contributed by atoms with E-state index in [-0.39, 0.29) is 5.91 Å². The van der Waals surface area contributed by atoms with Crippen LogP contribution in [0.25, 0.3) is 6.08 Å². The fraction of sp³-hybridized carbons (Fsp3) is 0.250. The molecule has 132 valence electrons. The predicted molar refractivity (Wildman–Crippen MR) is 101 cm³/mol. The molecule has 1 amide bonds. The zero-order valence-corrected chi connectivity index (χ0v) is 15.4. The summed E-state index contributed by atoms with van der Waals surface area (Å²) in [6, 6.07) is 11.5. The molecule has 0 unspecified atom stereocenters. The summed E-state index contributed by atoms with van der Waals surface area (Å²) in [7, 11) is 1.56. The lowest BCUT2D eigenvalue weighted by Gasteiger charge is -2.13. The van der Waals surface area contributed by atoms with Gasteiger partial charge in [0.15, 0.2) is 11.5 Å². The fourth-order valence-corrected chi connectivity index (χ4v) is 2.64. The van der Waals surface area contributed by atoms with Crippen LogP contribution in [0.2, 0.25) is 5.02 Å². The standard InChI is InChI=1S/C20H22ClNO3/c1-4-25-20-17(21)11-16(12-18(20)24-3)13-22-19(23)9-8-15-7-5-6-14(2)10-15/h5-12H,4,13H2,1-3H3,(H,22,23)/b9-8+. The molecule has 4 nitrogen and oxygen atoms in total. The van der Waals surface area contributed by atoms with Gasteiger partial charge in [-0.15, -0.1) is 0 Å². The van der Waals surface area contributed by atoms with Gasteiger partial charge in [0.05, 0.1) is 18.7 Å². The summed E-state index contributed by atoms with van der Waals surface area (Å²) < 4.78 is 10.8. The van der Waals surface area contributed by atoms with Gasteiger partial charge in [0.1, 0.15) is 0 Å². The molecule has 2 aromatic rings. The molecule has 1 N–H and O–H groups in total. The summed E-state index contributed by atoms with van der Waals surface area (Å²) >= 11 is 6.23. The smallest absolute Gasteiger partial charge is 0.244 e. The zero-order chi connectivity index (χ0) is 18.2. The first-order valence-corrected chi connectivity index (χ1v) is 8.43. The molecule has 0 heterocycles. The Bertz CT molecular complexity index is 772. The highest BCUT2D eigenvalue weighted by atomic mass is 35.5. The van der Waals surface area contributed by atoms with Crippen LogP contribution in [-0.2, 0) is 11.3 Å². The van der Waals surface area contributed by atoms with Crippen LogP contribution in [0.3, 0.4) is 0 Å². The largest absolute Gasteiger partial charge is 0.493 e. The third kappa shape index (κ3) is 5.54. The maximum Gasteiger partial charge on any atom is 0.244 e. The molecule has 0 radical (unpaired) electrons. The number of carbonyl (C=O) groups is 1. The summed E-state index contributed by atoms with van der Waals surface area (Å²) in [5.41, 5.74) is 2.97. The van der Waals surface area contributed by atoms with E-state index in [0.717, 1.165) is 16.7 Å². The van der Waals surface area contributed by atoms with E-state index >= 15 is 0 Å². The molecule has 0 aliphatic rings. The van der Waals surface area contributed by atoms with Crippen LogP contribution in [0.15, 0.2) is 42.5 Å². The van der Waals surface area contributed by atoms with Crippen molar-refractivity contribution in [3.05, 3.63) is 64.2 Å². The van der Waals surface area contributed by atoms with Crippen LogP contribution in [-0.4, -0.2) is 19.6 Å². The Labute approximate surface area is 153 Å². The second kappa shape index (κ2) is 9.14. The molecule has 25 heavy (non-hydrogen) atoms. The van der Waals surface area contributed by atoms with Crippen molar-refractivity contribution in [2.45, 2.75) is 20.4 Å². The molecule has 0 atom stereocenters. The van der Waals surface area contributed by atoms with Crippen LogP contribution < -0.4 is 14.8 Å². The molecule has 2 rings (SSSR count). The average molecular weight is 360 g/mol. The Hall–Kier alpha value is -2.46. The van der Waals surface area contributed by atoms with Crippen LogP contribution >= 0.6 is 11.6 Å². The number of rotatable bonds is 7. The first-order chi connectivity index (χ1) is 12.0. The van der Waals surface area contributed by atoms with Gasteiger partial charge in [0, 0.05) is 12.6 Å². The van der Waals surface area contributed by atoms with Crippen molar-refractivity contribution in [3.63, 3.8) is 0 Å². The molecule has 0 saturated heterocycles. The van der Waals surface area contributed by atoms with E-state index in [9.17, 15) is 4.79 Å². The second-order valence-electron chi connectivity index (χ2n) is 5.51. The van der Waals surface area contributed by atoms with E-state index < -0.39 is 0 Å². The third-order valence-corrected chi connectivity index (χ3v) is 3.79. The molecular weight excluding hydrogens is 338 g/mol. The number of hydrogen-bond donors (Lipinski definition) is 1. The Balaban J connectivity index is 2.00. The van der Waals surface area contributed by atoms with Crippen LogP contribution in [0.4, 0.5) is 0 Å². The van der Waals surface area contributed by atoms with Crippen LogP contribution in [0, 0.1) is 6.92 Å². The Morgan fingerprint density at radius 1 is 1.28 bits per heavy atom. The topological polar surface area (TPSA) is 47.6 Å². The Morgan fingerprint density at radius 2 is 2.08 bits per heavy atom. The van der Waals surface area contributed by atoms with Crippen LogP contribution in [0.5, 0.6) is 11.5 Å². The number of methoxy groups -OCH3 is 1. The summed E-state index contributed by atoms with van der Waals surface area (Å²) in [6.07, 6.45) is 3.30. The number of nitrogens with one attached hydrogen (secondary N) is 1. The third-order valence-electron chi connectivity index (χ3n) is 3.51. The van der Waals surface area contributed by atoms with E-state index in [1.807, 2.05) is 38.1 Å². The van der Waals surface area contributed by atoms with Gasteiger partial charge >= 0.3 is 0 Å². The van der Waals surface area contributed by atoms with E-state index in [1.54, 1.807) is 25.3 Å². The quantitative estimate of drug-likeness (QED) is 0.746. The Morgan fingerprint density at radius 3 is 2.76 bits per heavy atom. The molecule has 0 saturated carbocycles. The van der Waals surface area contributed by atoms with Gasteiger partial charge in [0.25, 0.3) is 0 Å². The summed E-state index contributed by atoms with van der Waals surface area (Å²) in [6.45, 7) is 4.74. The van der Waals surface area contributed by atoms with E-state index in [2.05, 4.69) is 5.32 Å². The van der Waals surface area contributed by atoms with Gasteiger partial charge in [-0.25, -0.2) is 0 Å². The second-order valence-corrected chi connectivity index (χ2v) is 5.91. The molecule has 0 aliphatic carbocycles. The van der Waals surface area contributed by atoms with Gasteiger partial charge in [-0.3, -0.25) is 4.79 Å². The molecule has 0 bridgehead atoms. The number of benzene rings is 2. The highest BCUT2D eigenvalue weighted by Crippen LogP contribution is 2.36. The van der Waals surface area contributed by atoms with Gasteiger partial charge in [-0.2, -0.15) is 0 Å². The number of amides is 1. The zero-order valence-electron chi connectivity index (χ0n) is 14.6. The minimum absolute atomic E-state index is 0.175. The average Bonchev–Trinajstić information content (AvgIpc) is 2.60. The van der Waals surface area contributed by atoms with Gasteiger partial charge in [-0.1, -0.05) is 41.4 Å². The lowest BCUT2D eigenvalue weighted by molar-refractivity contribution is -0.116. The number of aryl methyl sites for hydroxylation is 1. The van der Waals surface area contributed by atoms with Crippen LogP contribution in [0.1, 0.15) is 23.6 Å².